The van der Waals surface area contributed by atoms with Gasteiger partial charge in [-0.1, -0.05) is 33.6 Å². The Morgan fingerprint density at radius 3 is 2.56 bits per heavy atom. The van der Waals surface area contributed by atoms with Gasteiger partial charge in [0.15, 0.2) is 0 Å². The number of nitrogens with zero attached hydrogens (tertiary/aromatic N) is 1. The fourth-order valence-corrected chi connectivity index (χ4v) is 2.75. The highest BCUT2D eigenvalue weighted by molar-refractivity contribution is 5.85. The van der Waals surface area contributed by atoms with Crippen molar-refractivity contribution < 1.29 is 14.7 Å². The summed E-state index contributed by atoms with van der Waals surface area (Å²) in [6.45, 7) is 6.63. The third-order valence-electron chi connectivity index (χ3n) is 4.00. The van der Waals surface area contributed by atoms with Crippen molar-refractivity contribution in [2.45, 2.75) is 58.9 Å². The maximum Gasteiger partial charge on any atom is 0.326 e. The number of carbonyl (C=O) groups excluding carboxylic acids is 1. The Hall–Kier alpha value is -1.06. The van der Waals surface area contributed by atoms with E-state index in [-0.39, 0.29) is 11.8 Å². The molecule has 0 bridgehead atoms. The minimum atomic E-state index is -0.856. The van der Waals surface area contributed by atoms with Gasteiger partial charge in [-0.25, -0.2) is 4.79 Å². The molecule has 4 heteroatoms. The van der Waals surface area contributed by atoms with Crippen LogP contribution >= 0.6 is 0 Å². The quantitative estimate of drug-likeness (QED) is 0.821. The summed E-state index contributed by atoms with van der Waals surface area (Å²) in [6, 6.07) is -0.615. The van der Waals surface area contributed by atoms with Crippen LogP contribution in [-0.4, -0.2) is 34.5 Å². The van der Waals surface area contributed by atoms with Crippen molar-refractivity contribution in [1.82, 2.24) is 4.90 Å². The molecule has 1 saturated heterocycles. The van der Waals surface area contributed by atoms with E-state index in [1.807, 2.05) is 13.8 Å². The molecule has 1 heterocycles. The lowest BCUT2D eigenvalue weighted by atomic mass is 9.88. The highest BCUT2D eigenvalue weighted by Crippen LogP contribution is 2.27. The summed E-state index contributed by atoms with van der Waals surface area (Å²) in [5.41, 5.74) is 0. The van der Waals surface area contributed by atoms with Crippen molar-refractivity contribution in [3.05, 3.63) is 0 Å². The SMILES string of the molecule is CCCC(C)C(=O)N1CCC(CC)CC1C(=O)O. The monoisotopic (exact) mass is 255 g/mol. The zero-order chi connectivity index (χ0) is 13.7. The van der Waals surface area contributed by atoms with Crippen LogP contribution in [-0.2, 0) is 9.59 Å². The van der Waals surface area contributed by atoms with Crippen LogP contribution in [0.25, 0.3) is 0 Å². The summed E-state index contributed by atoms with van der Waals surface area (Å²) >= 11 is 0. The van der Waals surface area contributed by atoms with Gasteiger partial charge < -0.3 is 10.0 Å². The number of carboxylic acid groups (broad SMARTS) is 1. The number of rotatable bonds is 5. The van der Waals surface area contributed by atoms with Crippen molar-refractivity contribution in [2.24, 2.45) is 11.8 Å². The van der Waals surface area contributed by atoms with Crippen molar-refractivity contribution >= 4 is 11.9 Å². The van der Waals surface area contributed by atoms with Crippen molar-refractivity contribution in [3.63, 3.8) is 0 Å². The predicted molar refractivity (Wildman–Crippen MR) is 70.2 cm³/mol. The molecule has 104 valence electrons. The first kappa shape index (κ1) is 15.0. The van der Waals surface area contributed by atoms with E-state index < -0.39 is 12.0 Å². The van der Waals surface area contributed by atoms with Gasteiger partial charge in [0, 0.05) is 12.5 Å². The molecule has 1 amide bonds. The van der Waals surface area contributed by atoms with E-state index in [1.165, 1.54) is 0 Å². The zero-order valence-electron chi connectivity index (χ0n) is 11.7. The molecule has 3 unspecified atom stereocenters. The summed E-state index contributed by atoms with van der Waals surface area (Å²) < 4.78 is 0. The Morgan fingerprint density at radius 1 is 1.39 bits per heavy atom. The van der Waals surface area contributed by atoms with Crippen LogP contribution in [0.4, 0.5) is 0 Å². The van der Waals surface area contributed by atoms with E-state index in [0.717, 1.165) is 25.7 Å². The van der Waals surface area contributed by atoms with Gasteiger partial charge in [0.1, 0.15) is 6.04 Å². The fraction of sp³-hybridized carbons (Fsp3) is 0.857. The average molecular weight is 255 g/mol. The van der Waals surface area contributed by atoms with Gasteiger partial charge in [0.25, 0.3) is 0 Å². The number of likely N-dealkylation sites (tertiary alicyclic amines) is 1. The molecule has 0 radical (unpaired) electrons. The van der Waals surface area contributed by atoms with E-state index in [0.29, 0.717) is 18.9 Å². The largest absolute Gasteiger partial charge is 0.480 e. The summed E-state index contributed by atoms with van der Waals surface area (Å²) in [5.74, 6) is -0.462. The van der Waals surface area contributed by atoms with Crippen LogP contribution in [0.5, 0.6) is 0 Å². The van der Waals surface area contributed by atoms with Crippen LogP contribution in [0.15, 0.2) is 0 Å². The third-order valence-corrected chi connectivity index (χ3v) is 4.00. The lowest BCUT2D eigenvalue weighted by Gasteiger charge is -2.38. The topological polar surface area (TPSA) is 57.6 Å². The molecule has 3 atom stereocenters. The highest BCUT2D eigenvalue weighted by Gasteiger charge is 2.36. The molecule has 1 rings (SSSR count). The fourth-order valence-electron chi connectivity index (χ4n) is 2.75. The Kier molecular flexibility index (Phi) is 5.63. The summed E-state index contributed by atoms with van der Waals surface area (Å²) in [5, 5.41) is 9.29. The van der Waals surface area contributed by atoms with E-state index >= 15 is 0 Å². The first-order valence-corrected chi connectivity index (χ1v) is 7.04. The number of carboxylic acids is 1. The number of hydrogen-bond acceptors (Lipinski definition) is 2. The Balaban J connectivity index is 2.73. The lowest BCUT2D eigenvalue weighted by Crippen LogP contribution is -2.51. The van der Waals surface area contributed by atoms with Crippen molar-refractivity contribution in [3.8, 4) is 0 Å². The second-order valence-electron chi connectivity index (χ2n) is 5.37. The molecule has 1 N–H and O–H groups in total. The van der Waals surface area contributed by atoms with E-state index in [9.17, 15) is 14.7 Å². The van der Waals surface area contributed by atoms with Crippen molar-refractivity contribution in [1.29, 1.82) is 0 Å². The second-order valence-corrected chi connectivity index (χ2v) is 5.37. The van der Waals surface area contributed by atoms with Gasteiger partial charge in [-0.2, -0.15) is 0 Å². The maximum atomic E-state index is 12.3. The van der Waals surface area contributed by atoms with Gasteiger partial charge >= 0.3 is 5.97 Å². The lowest BCUT2D eigenvalue weighted by molar-refractivity contribution is -0.155. The molecule has 0 aromatic rings. The molecule has 18 heavy (non-hydrogen) atoms. The second kappa shape index (κ2) is 6.76. The number of piperidine rings is 1. The smallest absolute Gasteiger partial charge is 0.326 e. The normalized spacial score (nSPS) is 25.8. The van der Waals surface area contributed by atoms with Gasteiger partial charge in [-0.05, 0) is 25.2 Å². The van der Waals surface area contributed by atoms with Gasteiger partial charge in [0.2, 0.25) is 5.91 Å². The maximum absolute atomic E-state index is 12.3. The molecule has 0 aromatic carbocycles. The minimum absolute atomic E-state index is 0.0128. The minimum Gasteiger partial charge on any atom is -0.480 e. The molecular formula is C14H25NO3. The molecule has 0 aromatic heterocycles. The molecule has 1 fully saturated rings. The van der Waals surface area contributed by atoms with Gasteiger partial charge in [-0.15, -0.1) is 0 Å². The highest BCUT2D eigenvalue weighted by atomic mass is 16.4. The van der Waals surface area contributed by atoms with E-state index in [2.05, 4.69) is 6.92 Å². The molecular weight excluding hydrogens is 230 g/mol. The molecule has 1 aliphatic heterocycles. The zero-order valence-corrected chi connectivity index (χ0v) is 11.7. The van der Waals surface area contributed by atoms with Crippen LogP contribution in [0.2, 0.25) is 0 Å². The number of carbonyl (C=O) groups is 2. The van der Waals surface area contributed by atoms with Crippen LogP contribution < -0.4 is 0 Å². The van der Waals surface area contributed by atoms with Gasteiger partial charge in [-0.3, -0.25) is 4.79 Å². The van der Waals surface area contributed by atoms with Crippen LogP contribution in [0.3, 0.4) is 0 Å². The average Bonchev–Trinajstić information content (AvgIpc) is 2.37. The Bertz CT molecular complexity index is 303. The standard InChI is InChI=1S/C14H25NO3/c1-4-6-10(3)13(16)15-8-7-11(5-2)9-12(15)14(17)18/h10-12H,4-9H2,1-3H3,(H,17,18). The number of amides is 1. The Labute approximate surface area is 109 Å². The van der Waals surface area contributed by atoms with Gasteiger partial charge in [0.05, 0.1) is 0 Å². The summed E-state index contributed by atoms with van der Waals surface area (Å²) in [4.78, 5) is 25.2. The Morgan fingerprint density at radius 2 is 2.06 bits per heavy atom. The van der Waals surface area contributed by atoms with Crippen LogP contribution in [0, 0.1) is 11.8 Å². The number of hydrogen-bond donors (Lipinski definition) is 1. The van der Waals surface area contributed by atoms with Crippen molar-refractivity contribution in [2.75, 3.05) is 6.54 Å². The van der Waals surface area contributed by atoms with Crippen LogP contribution in [0.1, 0.15) is 52.9 Å². The third kappa shape index (κ3) is 3.47. The molecule has 0 spiro atoms. The first-order chi connectivity index (χ1) is 8.51. The first-order valence-electron chi connectivity index (χ1n) is 7.04. The molecule has 1 aliphatic rings. The predicted octanol–water partition coefficient (Wildman–Crippen LogP) is 2.52. The van der Waals surface area contributed by atoms with E-state index in [4.69, 9.17) is 0 Å². The molecule has 4 nitrogen and oxygen atoms in total. The summed E-state index contributed by atoms with van der Waals surface area (Å²) in [6.07, 6.45) is 4.33. The van der Waals surface area contributed by atoms with E-state index in [1.54, 1.807) is 4.90 Å². The number of aliphatic carboxylic acids is 1. The molecule has 0 aliphatic carbocycles. The molecule has 0 saturated carbocycles. The summed E-state index contributed by atoms with van der Waals surface area (Å²) in [7, 11) is 0.